The number of carbonyl (C=O) groups excluding carboxylic acids is 3. The van der Waals surface area contributed by atoms with Crippen LogP contribution in [0.3, 0.4) is 0 Å². The molecule has 0 aliphatic carbocycles. The summed E-state index contributed by atoms with van der Waals surface area (Å²) in [5, 5.41) is 10.9. The maximum Gasteiger partial charge on any atom is 0.339 e. The van der Waals surface area contributed by atoms with Crippen molar-refractivity contribution in [2.75, 3.05) is 103 Å². The second-order valence-electron chi connectivity index (χ2n) is 11.0. The van der Waals surface area contributed by atoms with Crippen LogP contribution in [0.1, 0.15) is 12.8 Å². The van der Waals surface area contributed by atoms with Crippen molar-refractivity contribution in [1.82, 2.24) is 0 Å². The summed E-state index contributed by atoms with van der Waals surface area (Å²) in [5.41, 5.74) is -2.34. The normalized spacial score (nSPS) is 13.0. The van der Waals surface area contributed by atoms with Gasteiger partial charge in [0.15, 0.2) is 5.60 Å². The smallest absolute Gasteiger partial charge is 0.339 e. The maximum absolute atomic E-state index is 12.6. The van der Waals surface area contributed by atoms with Crippen molar-refractivity contribution in [2.45, 2.75) is 18.4 Å². The summed E-state index contributed by atoms with van der Waals surface area (Å²) in [6.07, 6.45) is -1.37. The van der Waals surface area contributed by atoms with E-state index in [1.54, 1.807) is 0 Å². The summed E-state index contributed by atoms with van der Waals surface area (Å²) in [6.45, 7) is 1.92. The summed E-state index contributed by atoms with van der Waals surface area (Å²) in [5.74, 6) is -2.59. The molecule has 0 saturated heterocycles. The molecule has 0 saturated carbocycles. The number of esters is 3. The summed E-state index contributed by atoms with van der Waals surface area (Å²) >= 11 is 0. The van der Waals surface area contributed by atoms with E-state index < -0.39 is 36.4 Å². The monoisotopic (exact) mass is 450 g/mol. The Bertz CT molecular complexity index is 568. The lowest BCUT2D eigenvalue weighted by Crippen LogP contribution is -2.47. The van der Waals surface area contributed by atoms with Crippen LogP contribution in [0.4, 0.5) is 0 Å². The van der Waals surface area contributed by atoms with Gasteiger partial charge in [-0.3, -0.25) is 9.59 Å². The molecule has 0 atom stereocenters. The minimum absolute atomic E-state index is 0.0394. The average molecular weight is 451 g/mol. The summed E-state index contributed by atoms with van der Waals surface area (Å²) < 4.78 is 17.2. The first-order chi connectivity index (χ1) is 13.8. The topological polar surface area (TPSA) is 99.1 Å². The number of rotatable bonds is 14. The van der Waals surface area contributed by atoms with Crippen LogP contribution in [0.5, 0.6) is 0 Å². The largest absolute Gasteiger partial charge is 0.460 e. The number of quaternary nitrogens is 3. The molecule has 0 aromatic heterocycles. The first-order valence-electron chi connectivity index (χ1n) is 10.5. The van der Waals surface area contributed by atoms with Crippen LogP contribution in [-0.2, 0) is 28.6 Å². The average Bonchev–Trinajstić information content (AvgIpc) is 2.50. The lowest BCUT2D eigenvalue weighted by atomic mass is 9.95. The number of hydrogen-bond donors (Lipinski definition) is 1. The van der Waals surface area contributed by atoms with Gasteiger partial charge in [-0.05, 0) is 0 Å². The molecule has 0 fully saturated rings. The summed E-state index contributed by atoms with van der Waals surface area (Å²) in [7, 11) is 17.5. The molecule has 0 rings (SSSR count). The third kappa shape index (κ3) is 15.7. The van der Waals surface area contributed by atoms with E-state index in [1.165, 1.54) is 0 Å². The fourth-order valence-corrected chi connectivity index (χ4v) is 2.20. The van der Waals surface area contributed by atoms with Gasteiger partial charge in [0.25, 0.3) is 0 Å². The number of carbonyl (C=O) groups is 3. The molecule has 0 spiro atoms. The molecule has 10 heteroatoms. The molecule has 10 nitrogen and oxygen atoms in total. The number of aliphatic hydroxyl groups is 1. The summed E-state index contributed by atoms with van der Waals surface area (Å²) in [4.78, 5) is 37.1. The van der Waals surface area contributed by atoms with E-state index in [2.05, 4.69) is 0 Å². The Morgan fingerprint density at radius 1 is 0.613 bits per heavy atom. The van der Waals surface area contributed by atoms with Crippen LogP contribution < -0.4 is 0 Å². The van der Waals surface area contributed by atoms with Crippen molar-refractivity contribution in [2.24, 2.45) is 0 Å². The van der Waals surface area contributed by atoms with E-state index in [0.717, 1.165) is 0 Å². The third-order valence-electron chi connectivity index (χ3n) is 4.30. The molecular weight excluding hydrogens is 406 g/mol. The van der Waals surface area contributed by atoms with E-state index in [0.29, 0.717) is 33.1 Å². The number of hydrogen-bond acceptors (Lipinski definition) is 7. The Labute approximate surface area is 187 Å². The fraction of sp³-hybridized carbons (Fsp3) is 0.857. The molecule has 0 unspecified atom stereocenters. The molecule has 0 aliphatic heterocycles. The van der Waals surface area contributed by atoms with Gasteiger partial charge in [0.05, 0.1) is 76.3 Å². The molecule has 0 aromatic rings. The fourth-order valence-electron chi connectivity index (χ4n) is 2.20. The van der Waals surface area contributed by atoms with Crippen molar-refractivity contribution < 1.29 is 47.1 Å². The van der Waals surface area contributed by atoms with Crippen molar-refractivity contribution in [3.63, 3.8) is 0 Å². The molecule has 0 heterocycles. The lowest BCUT2D eigenvalue weighted by Gasteiger charge is -2.27. The number of ether oxygens (including phenoxy) is 3. The molecule has 0 aliphatic rings. The zero-order valence-corrected chi connectivity index (χ0v) is 20.9. The molecule has 0 amide bonds. The zero-order valence-electron chi connectivity index (χ0n) is 20.9. The van der Waals surface area contributed by atoms with Gasteiger partial charge in [-0.15, -0.1) is 0 Å². The van der Waals surface area contributed by atoms with Gasteiger partial charge in [0.1, 0.15) is 39.5 Å². The highest BCUT2D eigenvalue weighted by atomic mass is 16.6. The number of likely N-dealkylation sites (N-methyl/N-ethyl adjacent to an activating group) is 3. The van der Waals surface area contributed by atoms with Crippen LogP contribution in [0.15, 0.2) is 0 Å². The minimum Gasteiger partial charge on any atom is -0.460 e. The van der Waals surface area contributed by atoms with Gasteiger partial charge in [-0.2, -0.15) is 0 Å². The highest BCUT2D eigenvalue weighted by Gasteiger charge is 2.43. The second kappa shape index (κ2) is 11.8. The molecule has 31 heavy (non-hydrogen) atoms. The Morgan fingerprint density at radius 2 is 0.903 bits per heavy atom. The van der Waals surface area contributed by atoms with Crippen LogP contribution in [-0.4, -0.2) is 145 Å². The van der Waals surface area contributed by atoms with E-state index >= 15 is 0 Å². The Hall–Kier alpha value is -1.75. The maximum atomic E-state index is 12.6. The van der Waals surface area contributed by atoms with E-state index in [-0.39, 0.29) is 19.8 Å². The molecule has 0 aromatic carbocycles. The van der Waals surface area contributed by atoms with Crippen molar-refractivity contribution in [1.29, 1.82) is 0 Å². The molecule has 1 N–H and O–H groups in total. The Balaban J connectivity index is 5.06. The molecular formula is C21H44N3O7+3. The lowest BCUT2D eigenvalue weighted by molar-refractivity contribution is -0.870. The van der Waals surface area contributed by atoms with E-state index in [1.807, 2.05) is 63.4 Å². The predicted molar refractivity (Wildman–Crippen MR) is 116 cm³/mol. The van der Waals surface area contributed by atoms with Crippen LogP contribution in [0.2, 0.25) is 0 Å². The minimum atomic E-state index is -2.34. The van der Waals surface area contributed by atoms with Gasteiger partial charge in [-0.25, -0.2) is 4.79 Å². The van der Waals surface area contributed by atoms with E-state index in [4.69, 9.17) is 14.2 Å². The molecule has 182 valence electrons. The predicted octanol–water partition coefficient (Wildman–Crippen LogP) is -0.754. The zero-order chi connectivity index (χ0) is 24.5. The van der Waals surface area contributed by atoms with Gasteiger partial charge in [-0.1, -0.05) is 0 Å². The quantitative estimate of drug-likeness (QED) is 0.211. The van der Waals surface area contributed by atoms with Crippen molar-refractivity contribution >= 4 is 17.9 Å². The molecule has 0 bridgehead atoms. The van der Waals surface area contributed by atoms with Crippen LogP contribution >= 0.6 is 0 Å². The van der Waals surface area contributed by atoms with Crippen molar-refractivity contribution in [3.05, 3.63) is 0 Å². The van der Waals surface area contributed by atoms with Gasteiger partial charge in [0, 0.05) is 0 Å². The second-order valence-corrected chi connectivity index (χ2v) is 11.0. The third-order valence-corrected chi connectivity index (χ3v) is 4.30. The standard InChI is InChI=1S/C21H44N3O7/c1-22(2,3)10-13-29-18(25)16-21(28,20(27)31-15-12-24(7,8)9)17-19(26)30-14-11-23(4,5)6/h28H,10-17H2,1-9H3/q+3. The van der Waals surface area contributed by atoms with E-state index in [9.17, 15) is 19.5 Å². The first-order valence-corrected chi connectivity index (χ1v) is 10.5. The first kappa shape index (κ1) is 29.2. The molecule has 0 radical (unpaired) electrons. The highest BCUT2D eigenvalue weighted by molar-refractivity contribution is 5.90. The SMILES string of the molecule is C[N+](C)(C)CCOC(=O)CC(O)(CC(=O)OCC[N+](C)(C)C)C(=O)OCC[N+](C)(C)C. The summed E-state index contributed by atoms with van der Waals surface area (Å²) in [6, 6.07) is 0. The Morgan fingerprint density at radius 3 is 1.19 bits per heavy atom. The van der Waals surface area contributed by atoms with Crippen molar-refractivity contribution in [3.8, 4) is 0 Å². The Kier molecular flexibility index (Phi) is 11.1. The van der Waals surface area contributed by atoms with Crippen LogP contribution in [0.25, 0.3) is 0 Å². The van der Waals surface area contributed by atoms with Gasteiger partial charge < -0.3 is 32.8 Å². The highest BCUT2D eigenvalue weighted by Crippen LogP contribution is 2.20. The number of nitrogens with zero attached hydrogens (tertiary/aromatic N) is 3. The van der Waals surface area contributed by atoms with Gasteiger partial charge in [0.2, 0.25) is 0 Å². The van der Waals surface area contributed by atoms with Crippen LogP contribution in [0, 0.1) is 0 Å². The van der Waals surface area contributed by atoms with Gasteiger partial charge >= 0.3 is 17.9 Å².